The van der Waals surface area contributed by atoms with E-state index in [4.69, 9.17) is 4.74 Å². The summed E-state index contributed by atoms with van der Waals surface area (Å²) < 4.78 is 5.55. The molecule has 0 atom stereocenters. The molecule has 4 heteroatoms. The van der Waals surface area contributed by atoms with E-state index in [-0.39, 0.29) is 0 Å². The van der Waals surface area contributed by atoms with Gasteiger partial charge in [-0.1, -0.05) is 0 Å². The Balaban J connectivity index is 1.42. The lowest BCUT2D eigenvalue weighted by atomic mass is 10.3. The normalized spacial score (nSPS) is 15.2. The summed E-state index contributed by atoms with van der Waals surface area (Å²) in [6.07, 6.45) is 9.03. The summed E-state index contributed by atoms with van der Waals surface area (Å²) in [4.78, 5) is 7.93. The van der Waals surface area contributed by atoms with Crippen LogP contribution in [0.4, 0.5) is 0 Å². The van der Waals surface area contributed by atoms with Crippen LogP contribution in [0, 0.1) is 5.92 Å². The van der Waals surface area contributed by atoms with Gasteiger partial charge in [-0.25, -0.2) is 9.97 Å². The first-order chi connectivity index (χ1) is 7.95. The molecule has 0 amide bonds. The number of ether oxygens (including phenoxy) is 1. The Morgan fingerprint density at radius 1 is 1.31 bits per heavy atom. The highest BCUT2D eigenvalue weighted by molar-refractivity contribution is 5.01. The van der Waals surface area contributed by atoms with Gasteiger partial charge in [0.2, 0.25) is 0 Å². The molecule has 0 aliphatic heterocycles. The van der Waals surface area contributed by atoms with Gasteiger partial charge in [-0.15, -0.1) is 0 Å². The SMILES string of the molecule is c1ncc(CNCCCOCC2CC2)cn1. The van der Waals surface area contributed by atoms with E-state index in [1.807, 2.05) is 12.4 Å². The minimum Gasteiger partial charge on any atom is -0.381 e. The zero-order valence-electron chi connectivity index (χ0n) is 9.56. The molecule has 16 heavy (non-hydrogen) atoms. The van der Waals surface area contributed by atoms with Crippen molar-refractivity contribution in [3.63, 3.8) is 0 Å². The highest BCUT2D eigenvalue weighted by Gasteiger charge is 2.20. The quantitative estimate of drug-likeness (QED) is 0.674. The molecule has 1 fully saturated rings. The van der Waals surface area contributed by atoms with E-state index in [1.54, 1.807) is 6.33 Å². The molecule has 88 valence electrons. The van der Waals surface area contributed by atoms with E-state index in [0.717, 1.165) is 44.2 Å². The summed E-state index contributed by atoms with van der Waals surface area (Å²) in [6.45, 7) is 3.66. The third-order valence-electron chi connectivity index (χ3n) is 2.64. The Hall–Kier alpha value is -1.00. The van der Waals surface area contributed by atoms with E-state index in [2.05, 4.69) is 15.3 Å². The maximum atomic E-state index is 5.55. The summed E-state index contributed by atoms with van der Waals surface area (Å²) >= 11 is 0. The molecule has 0 saturated heterocycles. The predicted molar refractivity (Wildman–Crippen MR) is 61.9 cm³/mol. The second kappa shape index (κ2) is 6.55. The van der Waals surface area contributed by atoms with Crippen LogP contribution >= 0.6 is 0 Å². The van der Waals surface area contributed by atoms with Crippen molar-refractivity contribution in [2.45, 2.75) is 25.8 Å². The first-order valence-corrected chi connectivity index (χ1v) is 5.97. The van der Waals surface area contributed by atoms with Gasteiger partial charge >= 0.3 is 0 Å². The van der Waals surface area contributed by atoms with Crippen molar-refractivity contribution in [3.8, 4) is 0 Å². The molecule has 0 bridgehead atoms. The van der Waals surface area contributed by atoms with E-state index in [0.29, 0.717) is 0 Å². The molecule has 1 aliphatic rings. The Morgan fingerprint density at radius 3 is 2.88 bits per heavy atom. The lowest BCUT2D eigenvalue weighted by Gasteiger charge is -2.05. The number of nitrogens with one attached hydrogen (secondary N) is 1. The van der Waals surface area contributed by atoms with Crippen LogP contribution in [0.5, 0.6) is 0 Å². The van der Waals surface area contributed by atoms with Gasteiger partial charge in [-0.05, 0) is 31.7 Å². The molecule has 0 aromatic carbocycles. The maximum absolute atomic E-state index is 5.55. The monoisotopic (exact) mass is 221 g/mol. The van der Waals surface area contributed by atoms with E-state index in [9.17, 15) is 0 Å². The van der Waals surface area contributed by atoms with Crippen LogP contribution in [0.2, 0.25) is 0 Å². The molecule has 1 aromatic heterocycles. The fourth-order valence-electron chi connectivity index (χ4n) is 1.49. The van der Waals surface area contributed by atoms with Crippen LogP contribution in [0.15, 0.2) is 18.7 Å². The largest absolute Gasteiger partial charge is 0.381 e. The van der Waals surface area contributed by atoms with Crippen LogP contribution in [0.25, 0.3) is 0 Å². The van der Waals surface area contributed by atoms with Crippen LogP contribution in [0.1, 0.15) is 24.8 Å². The maximum Gasteiger partial charge on any atom is 0.115 e. The Labute approximate surface area is 96.4 Å². The Morgan fingerprint density at radius 2 is 2.12 bits per heavy atom. The number of rotatable bonds is 8. The molecular formula is C12H19N3O. The molecular weight excluding hydrogens is 202 g/mol. The fourth-order valence-corrected chi connectivity index (χ4v) is 1.49. The zero-order valence-corrected chi connectivity index (χ0v) is 9.56. The van der Waals surface area contributed by atoms with E-state index >= 15 is 0 Å². The summed E-state index contributed by atoms with van der Waals surface area (Å²) in [7, 11) is 0. The highest BCUT2D eigenvalue weighted by Crippen LogP contribution is 2.28. The van der Waals surface area contributed by atoms with Gasteiger partial charge in [0.15, 0.2) is 0 Å². The van der Waals surface area contributed by atoms with Crippen molar-refractivity contribution in [2.75, 3.05) is 19.8 Å². The Bertz CT molecular complexity index is 288. The van der Waals surface area contributed by atoms with Crippen molar-refractivity contribution >= 4 is 0 Å². The minimum absolute atomic E-state index is 0.837. The molecule has 1 heterocycles. The second-order valence-corrected chi connectivity index (χ2v) is 4.30. The average molecular weight is 221 g/mol. The summed E-state index contributed by atoms with van der Waals surface area (Å²) in [5, 5.41) is 3.35. The molecule has 1 saturated carbocycles. The molecule has 4 nitrogen and oxygen atoms in total. The van der Waals surface area contributed by atoms with Crippen LogP contribution < -0.4 is 5.32 Å². The van der Waals surface area contributed by atoms with Crippen LogP contribution in [0.3, 0.4) is 0 Å². The van der Waals surface area contributed by atoms with Gasteiger partial charge in [0.1, 0.15) is 6.33 Å². The van der Waals surface area contributed by atoms with Gasteiger partial charge in [-0.3, -0.25) is 0 Å². The standard InChI is InChI=1S/C12H19N3O/c1(5-16-9-11-2-3-11)4-13-6-12-7-14-10-15-8-12/h7-8,10-11,13H,1-6,9H2. The molecule has 2 rings (SSSR count). The van der Waals surface area contributed by atoms with Gasteiger partial charge < -0.3 is 10.1 Å². The van der Waals surface area contributed by atoms with Gasteiger partial charge in [0.25, 0.3) is 0 Å². The number of aromatic nitrogens is 2. The molecule has 1 aliphatic carbocycles. The number of hydrogen-bond donors (Lipinski definition) is 1. The first kappa shape index (κ1) is 11.5. The minimum atomic E-state index is 0.837. The highest BCUT2D eigenvalue weighted by atomic mass is 16.5. The smallest absolute Gasteiger partial charge is 0.115 e. The lowest BCUT2D eigenvalue weighted by Crippen LogP contribution is -2.16. The zero-order chi connectivity index (χ0) is 11.1. The first-order valence-electron chi connectivity index (χ1n) is 5.97. The van der Waals surface area contributed by atoms with Gasteiger partial charge in [-0.2, -0.15) is 0 Å². The van der Waals surface area contributed by atoms with E-state index in [1.165, 1.54) is 12.8 Å². The third-order valence-corrected chi connectivity index (χ3v) is 2.64. The number of nitrogens with zero attached hydrogens (tertiary/aromatic N) is 2. The van der Waals surface area contributed by atoms with Crippen molar-refractivity contribution in [2.24, 2.45) is 5.92 Å². The summed E-state index contributed by atoms with van der Waals surface area (Å²) in [5.41, 5.74) is 1.13. The topological polar surface area (TPSA) is 47.0 Å². The molecule has 1 N–H and O–H groups in total. The molecule has 1 aromatic rings. The molecule has 0 radical (unpaired) electrons. The second-order valence-electron chi connectivity index (χ2n) is 4.30. The molecule has 0 unspecified atom stereocenters. The predicted octanol–water partition coefficient (Wildman–Crippen LogP) is 1.38. The van der Waals surface area contributed by atoms with Crippen LogP contribution in [-0.4, -0.2) is 29.7 Å². The Kier molecular flexibility index (Phi) is 4.70. The summed E-state index contributed by atoms with van der Waals surface area (Å²) in [6, 6.07) is 0. The molecule has 0 spiro atoms. The fraction of sp³-hybridized carbons (Fsp3) is 0.667. The van der Waals surface area contributed by atoms with E-state index < -0.39 is 0 Å². The van der Waals surface area contributed by atoms with Crippen LogP contribution in [-0.2, 0) is 11.3 Å². The number of hydrogen-bond acceptors (Lipinski definition) is 4. The third kappa shape index (κ3) is 4.68. The van der Waals surface area contributed by atoms with Gasteiger partial charge in [0.05, 0.1) is 0 Å². The van der Waals surface area contributed by atoms with Gasteiger partial charge in [0, 0.05) is 37.7 Å². The van der Waals surface area contributed by atoms with Crippen molar-refractivity contribution in [1.29, 1.82) is 0 Å². The van der Waals surface area contributed by atoms with Crippen molar-refractivity contribution in [3.05, 3.63) is 24.3 Å². The van der Waals surface area contributed by atoms with Crippen molar-refractivity contribution in [1.82, 2.24) is 15.3 Å². The van der Waals surface area contributed by atoms with Crippen molar-refractivity contribution < 1.29 is 4.74 Å². The lowest BCUT2D eigenvalue weighted by molar-refractivity contribution is 0.122. The summed E-state index contributed by atoms with van der Waals surface area (Å²) in [5.74, 6) is 0.870. The average Bonchev–Trinajstić information content (AvgIpc) is 3.13.